The summed E-state index contributed by atoms with van der Waals surface area (Å²) in [6.45, 7) is 0. The monoisotopic (exact) mass is 253 g/mol. The van der Waals surface area contributed by atoms with Crippen LogP contribution in [0.25, 0.3) is 0 Å². The number of aldehydes is 1. The second kappa shape index (κ2) is 5.91. The number of anilines is 1. The molecule has 0 aliphatic heterocycles. The first kappa shape index (κ1) is 13.0. The van der Waals surface area contributed by atoms with Gasteiger partial charge in [0.05, 0.1) is 11.4 Å². The Hall–Kier alpha value is -2.49. The molecule has 2 rings (SSSR count). The molecule has 0 amide bonds. The van der Waals surface area contributed by atoms with Crippen molar-refractivity contribution in [2.45, 2.75) is 0 Å². The van der Waals surface area contributed by atoms with E-state index in [4.69, 9.17) is 0 Å². The second-order valence-corrected chi connectivity index (χ2v) is 4.26. The molecule has 2 aromatic carbocycles. The molecule has 0 saturated carbocycles. The minimum Gasteiger partial charge on any atom is -0.376 e. The van der Waals surface area contributed by atoms with Gasteiger partial charge in [0.2, 0.25) is 0 Å². The van der Waals surface area contributed by atoms with Gasteiger partial charge in [0.1, 0.15) is 5.69 Å². The van der Waals surface area contributed by atoms with Crippen molar-refractivity contribution < 1.29 is 4.79 Å². The zero-order chi connectivity index (χ0) is 13.7. The molecule has 0 N–H and O–H groups in total. The van der Waals surface area contributed by atoms with Crippen molar-refractivity contribution in [3.8, 4) is 0 Å². The predicted octanol–water partition coefficient (Wildman–Crippen LogP) is 3.98. The molecule has 0 atom stereocenters. The third-order valence-electron chi connectivity index (χ3n) is 2.68. The molecule has 0 saturated heterocycles. The van der Waals surface area contributed by atoms with Gasteiger partial charge in [0.15, 0.2) is 6.29 Å². The van der Waals surface area contributed by atoms with Crippen LogP contribution in [0.2, 0.25) is 0 Å². The molecule has 0 fully saturated rings. The van der Waals surface area contributed by atoms with Crippen LogP contribution in [0.4, 0.5) is 17.1 Å². The number of hydrogen-bond donors (Lipinski definition) is 0. The zero-order valence-corrected chi connectivity index (χ0v) is 10.9. The van der Waals surface area contributed by atoms with Crippen LogP contribution in [0.15, 0.2) is 58.8 Å². The summed E-state index contributed by atoms with van der Waals surface area (Å²) in [7, 11) is 3.82. The molecule has 96 valence electrons. The van der Waals surface area contributed by atoms with E-state index in [2.05, 4.69) is 10.2 Å². The Morgan fingerprint density at radius 2 is 1.68 bits per heavy atom. The topological polar surface area (TPSA) is 45.0 Å². The summed E-state index contributed by atoms with van der Waals surface area (Å²) < 4.78 is 0. The van der Waals surface area contributed by atoms with Crippen LogP contribution < -0.4 is 4.90 Å². The Labute approximate surface area is 112 Å². The van der Waals surface area contributed by atoms with Crippen LogP contribution in [0, 0.1) is 0 Å². The number of rotatable bonds is 4. The maximum absolute atomic E-state index is 11.1. The molecule has 0 aliphatic carbocycles. The van der Waals surface area contributed by atoms with E-state index < -0.39 is 0 Å². The number of hydrogen-bond acceptors (Lipinski definition) is 4. The Morgan fingerprint density at radius 1 is 0.947 bits per heavy atom. The average molecular weight is 253 g/mol. The van der Waals surface area contributed by atoms with Gasteiger partial charge in [-0.3, -0.25) is 4.79 Å². The van der Waals surface area contributed by atoms with Crippen molar-refractivity contribution in [2.75, 3.05) is 19.0 Å². The number of nitrogens with zero attached hydrogens (tertiary/aromatic N) is 3. The van der Waals surface area contributed by atoms with E-state index in [1.807, 2.05) is 61.5 Å². The summed E-state index contributed by atoms with van der Waals surface area (Å²) in [6, 6.07) is 14.9. The van der Waals surface area contributed by atoms with Crippen molar-refractivity contribution in [3.63, 3.8) is 0 Å². The van der Waals surface area contributed by atoms with Gasteiger partial charge < -0.3 is 4.90 Å². The first-order valence-electron chi connectivity index (χ1n) is 5.94. The highest BCUT2D eigenvalue weighted by Gasteiger charge is 2.08. The summed E-state index contributed by atoms with van der Waals surface area (Å²) in [4.78, 5) is 13.0. The standard InChI is InChI=1S/C15H15N3O/c1-18(2)14-10-6-7-12(11-19)15(14)17-16-13-8-4-3-5-9-13/h3-11H,1-2H3. The average Bonchev–Trinajstić information content (AvgIpc) is 2.45. The van der Waals surface area contributed by atoms with Crippen molar-refractivity contribution in [2.24, 2.45) is 10.2 Å². The van der Waals surface area contributed by atoms with Crippen LogP contribution in [-0.4, -0.2) is 20.4 Å². The van der Waals surface area contributed by atoms with Crippen LogP contribution in [0.1, 0.15) is 10.4 Å². The van der Waals surface area contributed by atoms with Crippen molar-refractivity contribution in [1.29, 1.82) is 0 Å². The molecule has 2 aromatic rings. The van der Waals surface area contributed by atoms with Crippen LogP contribution in [0.3, 0.4) is 0 Å². The third kappa shape index (κ3) is 3.04. The molecule has 4 nitrogen and oxygen atoms in total. The number of carbonyl (C=O) groups excluding carboxylic acids is 1. The maximum atomic E-state index is 11.1. The van der Waals surface area contributed by atoms with Gasteiger partial charge in [0, 0.05) is 19.7 Å². The Bertz CT molecular complexity index is 592. The molecule has 4 heteroatoms. The lowest BCUT2D eigenvalue weighted by Gasteiger charge is -2.15. The first-order valence-corrected chi connectivity index (χ1v) is 5.94. The van der Waals surface area contributed by atoms with Crippen molar-refractivity contribution in [3.05, 3.63) is 54.1 Å². The summed E-state index contributed by atoms with van der Waals surface area (Å²) in [5.41, 5.74) is 2.74. The number of benzene rings is 2. The SMILES string of the molecule is CN(C)c1cccc(C=O)c1N=Nc1ccccc1. The van der Waals surface area contributed by atoms with Gasteiger partial charge in [-0.25, -0.2) is 0 Å². The first-order chi connectivity index (χ1) is 9.22. The Morgan fingerprint density at radius 3 is 2.32 bits per heavy atom. The molecular weight excluding hydrogens is 238 g/mol. The van der Waals surface area contributed by atoms with Crippen LogP contribution in [-0.2, 0) is 0 Å². The highest BCUT2D eigenvalue weighted by Crippen LogP contribution is 2.31. The van der Waals surface area contributed by atoms with Gasteiger partial charge in [-0.2, -0.15) is 5.11 Å². The smallest absolute Gasteiger partial charge is 0.152 e. The van der Waals surface area contributed by atoms with E-state index in [9.17, 15) is 4.79 Å². The molecular formula is C15H15N3O. The minimum atomic E-state index is 0.533. The van der Waals surface area contributed by atoms with E-state index in [0.29, 0.717) is 11.3 Å². The summed E-state index contributed by atoms with van der Waals surface area (Å²) in [6.07, 6.45) is 0.798. The fourth-order valence-electron chi connectivity index (χ4n) is 1.72. The maximum Gasteiger partial charge on any atom is 0.152 e. The van der Waals surface area contributed by atoms with Gasteiger partial charge >= 0.3 is 0 Å². The number of carbonyl (C=O) groups is 1. The van der Waals surface area contributed by atoms with Gasteiger partial charge in [0.25, 0.3) is 0 Å². The zero-order valence-electron chi connectivity index (χ0n) is 10.9. The predicted molar refractivity (Wildman–Crippen MR) is 76.8 cm³/mol. The lowest BCUT2D eigenvalue weighted by atomic mass is 10.1. The third-order valence-corrected chi connectivity index (χ3v) is 2.68. The molecule has 0 spiro atoms. The highest BCUT2D eigenvalue weighted by atomic mass is 16.1. The summed E-state index contributed by atoms with van der Waals surface area (Å²) in [5.74, 6) is 0. The fraction of sp³-hybridized carbons (Fsp3) is 0.133. The van der Waals surface area contributed by atoms with Crippen molar-refractivity contribution >= 4 is 23.3 Å². The number of azo groups is 1. The molecule has 0 unspecified atom stereocenters. The molecule has 0 aromatic heterocycles. The van der Waals surface area contributed by atoms with Crippen molar-refractivity contribution in [1.82, 2.24) is 0 Å². The molecule has 0 heterocycles. The van der Waals surface area contributed by atoms with Gasteiger partial charge in [-0.1, -0.05) is 24.3 Å². The molecule has 0 aliphatic rings. The van der Waals surface area contributed by atoms with Crippen LogP contribution in [0.5, 0.6) is 0 Å². The molecule has 19 heavy (non-hydrogen) atoms. The minimum absolute atomic E-state index is 0.533. The quantitative estimate of drug-likeness (QED) is 0.611. The Kier molecular flexibility index (Phi) is 4.03. The van der Waals surface area contributed by atoms with E-state index in [0.717, 1.165) is 17.7 Å². The van der Waals surface area contributed by atoms with Crippen LogP contribution >= 0.6 is 0 Å². The van der Waals surface area contributed by atoms with E-state index in [-0.39, 0.29) is 0 Å². The van der Waals surface area contributed by atoms with Gasteiger partial charge in [-0.15, -0.1) is 5.11 Å². The van der Waals surface area contributed by atoms with E-state index >= 15 is 0 Å². The lowest BCUT2D eigenvalue weighted by Crippen LogP contribution is -2.09. The normalized spacial score (nSPS) is 10.6. The fourth-order valence-corrected chi connectivity index (χ4v) is 1.72. The molecule has 0 radical (unpaired) electrons. The van der Waals surface area contributed by atoms with E-state index in [1.54, 1.807) is 6.07 Å². The van der Waals surface area contributed by atoms with Gasteiger partial charge in [-0.05, 0) is 24.3 Å². The summed E-state index contributed by atoms with van der Waals surface area (Å²) >= 11 is 0. The second-order valence-electron chi connectivity index (χ2n) is 4.26. The van der Waals surface area contributed by atoms with E-state index in [1.165, 1.54) is 0 Å². The summed E-state index contributed by atoms with van der Waals surface area (Å²) in [5, 5.41) is 8.39. The lowest BCUT2D eigenvalue weighted by molar-refractivity contribution is 0.112. The Balaban J connectivity index is 2.43. The molecule has 0 bridgehead atoms. The highest BCUT2D eigenvalue weighted by molar-refractivity contribution is 5.88. The largest absolute Gasteiger partial charge is 0.376 e.